The van der Waals surface area contributed by atoms with Crippen LogP contribution in [0, 0.1) is 6.92 Å². The molecule has 1 aliphatic rings. The van der Waals surface area contributed by atoms with Gasteiger partial charge in [0, 0.05) is 24.2 Å². The van der Waals surface area contributed by atoms with Crippen LogP contribution in [0.2, 0.25) is 0 Å². The van der Waals surface area contributed by atoms with E-state index in [1.807, 2.05) is 26.8 Å². The largest absolute Gasteiger partial charge is 0.507 e. The molecule has 1 aromatic carbocycles. The van der Waals surface area contributed by atoms with Crippen molar-refractivity contribution in [1.82, 2.24) is 5.32 Å². The highest BCUT2D eigenvalue weighted by molar-refractivity contribution is 7.52. The topological polar surface area (TPSA) is 105 Å². The summed E-state index contributed by atoms with van der Waals surface area (Å²) in [6.07, 6.45) is 3.31. The van der Waals surface area contributed by atoms with E-state index < -0.39 is 13.6 Å². The number of esters is 1. The van der Waals surface area contributed by atoms with E-state index in [0.29, 0.717) is 25.1 Å². The second kappa shape index (κ2) is 9.70. The zero-order valence-electron chi connectivity index (χ0n) is 17.0. The Hall–Kier alpha value is -1.66. The summed E-state index contributed by atoms with van der Waals surface area (Å²) in [5, 5.41) is 13.8. The van der Waals surface area contributed by atoms with Gasteiger partial charge in [0.05, 0.1) is 12.8 Å². The van der Waals surface area contributed by atoms with E-state index in [0.717, 1.165) is 34.2 Å². The molecule has 2 rings (SSSR count). The van der Waals surface area contributed by atoms with Crippen LogP contribution in [0.25, 0.3) is 0 Å². The highest BCUT2D eigenvalue weighted by Gasteiger charge is 2.30. The van der Waals surface area contributed by atoms with Crippen molar-refractivity contribution >= 4 is 13.6 Å². The van der Waals surface area contributed by atoms with Gasteiger partial charge in [0.25, 0.3) is 0 Å². The Kier molecular flexibility index (Phi) is 7.84. The number of ether oxygens (including phenoxy) is 1. The van der Waals surface area contributed by atoms with Crippen LogP contribution in [0.15, 0.2) is 11.6 Å². The van der Waals surface area contributed by atoms with Gasteiger partial charge in [-0.2, -0.15) is 0 Å². The molecule has 1 aromatic rings. The number of hydrogen-bond donors (Lipinski definition) is 3. The summed E-state index contributed by atoms with van der Waals surface area (Å²) in [7, 11) is -3.51. The summed E-state index contributed by atoms with van der Waals surface area (Å²) < 4.78 is 21.6. The minimum absolute atomic E-state index is 0.0230. The average Bonchev–Trinajstić information content (AvgIpc) is 3.02. The van der Waals surface area contributed by atoms with Crippen molar-refractivity contribution in [2.75, 3.05) is 25.9 Å². The smallest absolute Gasteiger partial charge is 0.342 e. The van der Waals surface area contributed by atoms with Gasteiger partial charge in [-0.05, 0) is 44.7 Å². The molecule has 1 atom stereocenters. The van der Waals surface area contributed by atoms with Gasteiger partial charge in [-0.15, -0.1) is 0 Å². The second-order valence-corrected chi connectivity index (χ2v) is 8.90. The third-order valence-corrected chi connectivity index (χ3v) is 6.41. The van der Waals surface area contributed by atoms with Crippen LogP contribution in [0.4, 0.5) is 0 Å². The Morgan fingerprint density at radius 2 is 2.07 bits per heavy atom. The molecule has 3 N–H and O–H groups in total. The predicted octanol–water partition coefficient (Wildman–Crippen LogP) is 3.23. The number of hydrogen-bond acceptors (Lipinski definition) is 6. The average molecular weight is 411 g/mol. The number of carbonyl (C=O) groups is 1. The lowest BCUT2D eigenvalue weighted by atomic mass is 9.89. The first-order valence-corrected chi connectivity index (χ1v) is 11.3. The first-order chi connectivity index (χ1) is 13.2. The van der Waals surface area contributed by atoms with Crippen molar-refractivity contribution in [3.8, 4) is 5.75 Å². The standard InChI is InChI=1S/C20H30NO6P/c1-5-15-14(4)17-12-26-20(23)18(17)19(22)16(15)8-7-13(3)11-21-9-10-28(24,25)27-6-2/h7,21-22H,5-6,8-12H2,1-4H3,(H,24,25)/b13-7+. The summed E-state index contributed by atoms with van der Waals surface area (Å²) in [5.41, 5.74) is 4.93. The highest BCUT2D eigenvalue weighted by Crippen LogP contribution is 2.40. The monoisotopic (exact) mass is 411 g/mol. The van der Waals surface area contributed by atoms with Gasteiger partial charge in [0.2, 0.25) is 0 Å². The Bertz CT molecular complexity index is 818. The maximum absolute atomic E-state index is 12.0. The molecule has 28 heavy (non-hydrogen) atoms. The first-order valence-electron chi connectivity index (χ1n) is 9.57. The summed E-state index contributed by atoms with van der Waals surface area (Å²) in [4.78, 5) is 21.5. The molecule has 0 spiro atoms. The van der Waals surface area contributed by atoms with E-state index in [2.05, 4.69) is 5.32 Å². The van der Waals surface area contributed by atoms with Crippen LogP contribution in [-0.2, 0) is 33.3 Å². The predicted molar refractivity (Wildman–Crippen MR) is 108 cm³/mol. The lowest BCUT2D eigenvalue weighted by Crippen LogP contribution is -2.21. The fraction of sp³-hybridized carbons (Fsp3) is 0.550. The molecule has 0 aliphatic carbocycles. The molecule has 0 fully saturated rings. The minimum Gasteiger partial charge on any atom is -0.507 e. The van der Waals surface area contributed by atoms with Crippen molar-refractivity contribution in [1.29, 1.82) is 0 Å². The molecule has 0 saturated heterocycles. The maximum Gasteiger partial charge on any atom is 0.342 e. The number of nitrogens with one attached hydrogen (secondary N) is 1. The Morgan fingerprint density at radius 1 is 1.36 bits per heavy atom. The normalized spacial score (nSPS) is 16.0. The van der Waals surface area contributed by atoms with Gasteiger partial charge >= 0.3 is 13.6 Å². The lowest BCUT2D eigenvalue weighted by molar-refractivity contribution is 0.0533. The van der Waals surface area contributed by atoms with Crippen molar-refractivity contribution in [3.63, 3.8) is 0 Å². The van der Waals surface area contributed by atoms with Gasteiger partial charge < -0.3 is 24.6 Å². The molecule has 0 amide bonds. The van der Waals surface area contributed by atoms with Crippen LogP contribution in [0.5, 0.6) is 5.75 Å². The number of phenolic OH excluding ortho intramolecular Hbond substituents is 1. The van der Waals surface area contributed by atoms with Gasteiger partial charge in [-0.3, -0.25) is 4.57 Å². The van der Waals surface area contributed by atoms with E-state index in [1.165, 1.54) is 0 Å². The van der Waals surface area contributed by atoms with Crippen LogP contribution >= 0.6 is 7.60 Å². The maximum atomic E-state index is 12.0. The number of allylic oxidation sites excluding steroid dienone is 1. The molecule has 156 valence electrons. The van der Waals surface area contributed by atoms with Crippen molar-refractivity contribution in [2.45, 2.75) is 47.1 Å². The van der Waals surface area contributed by atoms with Crippen LogP contribution in [0.3, 0.4) is 0 Å². The van der Waals surface area contributed by atoms with Crippen molar-refractivity contribution in [3.05, 3.63) is 39.5 Å². The van der Waals surface area contributed by atoms with Crippen molar-refractivity contribution < 1.29 is 28.6 Å². The fourth-order valence-corrected chi connectivity index (χ4v) is 4.44. The molecular formula is C20H30NO6P. The molecule has 1 aliphatic heterocycles. The molecule has 7 nitrogen and oxygen atoms in total. The van der Waals surface area contributed by atoms with Crippen LogP contribution < -0.4 is 5.32 Å². The second-order valence-electron chi connectivity index (χ2n) is 6.92. The van der Waals surface area contributed by atoms with Gasteiger partial charge in [-0.25, -0.2) is 4.79 Å². The number of benzene rings is 1. The molecular weight excluding hydrogens is 381 g/mol. The Balaban J connectivity index is 2.05. The zero-order chi connectivity index (χ0) is 20.9. The SMILES string of the molecule is CCOP(=O)(O)CCNC/C(C)=C/Cc1c(O)c2c(c(C)c1CC)COC2=O. The zero-order valence-corrected chi connectivity index (χ0v) is 17.9. The summed E-state index contributed by atoms with van der Waals surface area (Å²) in [6, 6.07) is 0. The minimum atomic E-state index is -3.51. The first kappa shape index (κ1) is 22.6. The van der Waals surface area contributed by atoms with E-state index in [9.17, 15) is 19.4 Å². The molecule has 1 unspecified atom stereocenters. The number of aromatic hydroxyl groups is 1. The van der Waals surface area contributed by atoms with Crippen molar-refractivity contribution in [2.24, 2.45) is 0 Å². The molecule has 1 heterocycles. The third kappa shape index (κ3) is 5.23. The van der Waals surface area contributed by atoms with E-state index in [4.69, 9.17) is 9.26 Å². The van der Waals surface area contributed by atoms with Gasteiger partial charge in [0.1, 0.15) is 17.9 Å². The number of phenols is 1. The fourth-order valence-electron chi connectivity index (χ4n) is 3.46. The quantitative estimate of drug-likeness (QED) is 0.235. The van der Waals surface area contributed by atoms with Gasteiger partial charge in [-0.1, -0.05) is 18.6 Å². The molecule has 0 radical (unpaired) electrons. The number of cyclic esters (lactones) is 1. The van der Waals surface area contributed by atoms with E-state index in [1.54, 1.807) is 6.92 Å². The van der Waals surface area contributed by atoms with E-state index in [-0.39, 0.29) is 25.1 Å². The third-order valence-electron chi connectivity index (χ3n) is 4.96. The van der Waals surface area contributed by atoms with E-state index >= 15 is 0 Å². The van der Waals surface area contributed by atoms with Crippen LogP contribution in [-0.4, -0.2) is 41.8 Å². The highest BCUT2D eigenvalue weighted by atomic mass is 31.2. The summed E-state index contributed by atoms with van der Waals surface area (Å²) in [5.74, 6) is -0.445. The van der Waals surface area contributed by atoms with Gasteiger partial charge in [0.15, 0.2) is 0 Å². The molecule has 8 heteroatoms. The summed E-state index contributed by atoms with van der Waals surface area (Å²) in [6.45, 7) is 8.98. The van der Waals surface area contributed by atoms with Crippen LogP contribution in [0.1, 0.15) is 53.4 Å². The lowest BCUT2D eigenvalue weighted by Gasteiger charge is -2.16. The number of rotatable bonds is 10. The summed E-state index contributed by atoms with van der Waals surface area (Å²) >= 11 is 0. The Labute approximate surface area is 166 Å². The number of carbonyl (C=O) groups excluding carboxylic acids is 1. The molecule has 0 saturated carbocycles. The number of fused-ring (bicyclic) bond motifs is 1. The Morgan fingerprint density at radius 3 is 2.71 bits per heavy atom. The molecule has 0 bridgehead atoms. The molecule has 0 aromatic heterocycles.